The van der Waals surface area contributed by atoms with Gasteiger partial charge in [-0.2, -0.15) is 0 Å². The molecule has 1 aliphatic rings. The zero-order chi connectivity index (χ0) is 9.80. The van der Waals surface area contributed by atoms with Crippen molar-refractivity contribution in [1.29, 1.82) is 0 Å². The van der Waals surface area contributed by atoms with Crippen LogP contribution in [-0.2, 0) is 6.42 Å². The van der Waals surface area contributed by atoms with Gasteiger partial charge in [-0.1, -0.05) is 6.07 Å². The molecule has 0 spiro atoms. The predicted molar refractivity (Wildman–Crippen MR) is 62.1 cm³/mol. The van der Waals surface area contributed by atoms with Crippen molar-refractivity contribution in [3.63, 3.8) is 0 Å². The van der Waals surface area contributed by atoms with Crippen LogP contribution >= 0.6 is 12.4 Å². The van der Waals surface area contributed by atoms with Crippen LogP contribution in [0.25, 0.3) is 0 Å². The van der Waals surface area contributed by atoms with Gasteiger partial charge in [-0.05, 0) is 37.1 Å². The molecule has 2 rings (SSSR count). The molecule has 1 heterocycles. The Morgan fingerprint density at radius 2 is 1.87 bits per heavy atom. The second kappa shape index (κ2) is 5.83. The third-order valence-corrected chi connectivity index (χ3v) is 2.28. The Morgan fingerprint density at radius 3 is 2.60 bits per heavy atom. The molecule has 1 aliphatic heterocycles. The van der Waals surface area contributed by atoms with E-state index in [4.69, 9.17) is 15.2 Å². The van der Waals surface area contributed by atoms with Crippen molar-refractivity contribution in [2.75, 3.05) is 19.8 Å². The number of nitrogens with two attached hydrogens (primary N) is 1. The number of aryl methyl sites for hydroxylation is 1. The molecular weight excluding hydrogens is 214 g/mol. The SMILES string of the molecule is Cl.NCCCc1ccc2c(c1)OCCO2. The van der Waals surface area contributed by atoms with Crippen LogP contribution in [0.1, 0.15) is 12.0 Å². The van der Waals surface area contributed by atoms with Crippen LogP contribution in [0.5, 0.6) is 11.5 Å². The molecule has 0 aromatic heterocycles. The summed E-state index contributed by atoms with van der Waals surface area (Å²) in [4.78, 5) is 0. The summed E-state index contributed by atoms with van der Waals surface area (Å²) in [7, 11) is 0. The van der Waals surface area contributed by atoms with E-state index in [9.17, 15) is 0 Å². The number of benzene rings is 1. The average Bonchev–Trinajstić information content (AvgIpc) is 2.26. The molecule has 0 aliphatic carbocycles. The third kappa shape index (κ3) is 3.01. The number of fused-ring (bicyclic) bond motifs is 1. The Kier molecular flexibility index (Phi) is 4.72. The van der Waals surface area contributed by atoms with E-state index in [0.29, 0.717) is 13.2 Å². The van der Waals surface area contributed by atoms with Gasteiger partial charge in [0.2, 0.25) is 0 Å². The summed E-state index contributed by atoms with van der Waals surface area (Å²) in [5.74, 6) is 1.72. The number of ether oxygens (including phenoxy) is 2. The van der Waals surface area contributed by atoms with Crippen molar-refractivity contribution in [1.82, 2.24) is 0 Å². The molecule has 3 nitrogen and oxygen atoms in total. The van der Waals surface area contributed by atoms with Gasteiger partial charge < -0.3 is 15.2 Å². The summed E-state index contributed by atoms with van der Waals surface area (Å²) in [6, 6.07) is 6.09. The minimum atomic E-state index is 0. The smallest absolute Gasteiger partial charge is 0.161 e. The van der Waals surface area contributed by atoms with E-state index >= 15 is 0 Å². The quantitative estimate of drug-likeness (QED) is 0.859. The summed E-state index contributed by atoms with van der Waals surface area (Å²) >= 11 is 0. The average molecular weight is 230 g/mol. The number of rotatable bonds is 3. The lowest BCUT2D eigenvalue weighted by molar-refractivity contribution is 0.171. The topological polar surface area (TPSA) is 44.5 Å². The van der Waals surface area contributed by atoms with Gasteiger partial charge in [0.15, 0.2) is 11.5 Å². The first-order valence-electron chi connectivity index (χ1n) is 4.99. The Balaban J connectivity index is 0.00000112. The minimum Gasteiger partial charge on any atom is -0.486 e. The zero-order valence-electron chi connectivity index (χ0n) is 8.57. The maximum absolute atomic E-state index is 5.49. The summed E-state index contributed by atoms with van der Waals surface area (Å²) in [6.45, 7) is 2.02. The molecule has 0 unspecified atom stereocenters. The van der Waals surface area contributed by atoms with Crippen LogP contribution < -0.4 is 15.2 Å². The molecule has 1 aromatic carbocycles. The van der Waals surface area contributed by atoms with Crippen molar-refractivity contribution < 1.29 is 9.47 Å². The summed E-state index contributed by atoms with van der Waals surface area (Å²) < 4.78 is 10.9. The van der Waals surface area contributed by atoms with Crippen LogP contribution in [0.4, 0.5) is 0 Å². The first-order chi connectivity index (χ1) is 6.90. The Hall–Kier alpha value is -0.930. The first kappa shape index (κ1) is 12.1. The van der Waals surface area contributed by atoms with Crippen LogP contribution in [0, 0.1) is 0 Å². The number of halogens is 1. The lowest BCUT2D eigenvalue weighted by Crippen LogP contribution is -2.15. The van der Waals surface area contributed by atoms with Gasteiger partial charge in [0.25, 0.3) is 0 Å². The fourth-order valence-corrected chi connectivity index (χ4v) is 1.55. The molecule has 1 aromatic rings. The molecular formula is C11H16ClNO2. The van der Waals surface area contributed by atoms with Gasteiger partial charge in [-0.15, -0.1) is 12.4 Å². The largest absolute Gasteiger partial charge is 0.486 e. The molecule has 0 fully saturated rings. The van der Waals surface area contributed by atoms with Crippen LogP contribution in [0.15, 0.2) is 18.2 Å². The molecule has 0 bridgehead atoms. The van der Waals surface area contributed by atoms with Crippen LogP contribution in [0.2, 0.25) is 0 Å². The Bertz CT molecular complexity index is 317. The monoisotopic (exact) mass is 229 g/mol. The van der Waals surface area contributed by atoms with Gasteiger partial charge in [0.05, 0.1) is 0 Å². The van der Waals surface area contributed by atoms with Crippen molar-refractivity contribution in [3.8, 4) is 11.5 Å². The van der Waals surface area contributed by atoms with E-state index in [0.717, 1.165) is 30.9 Å². The summed E-state index contributed by atoms with van der Waals surface area (Å²) in [6.07, 6.45) is 2.02. The predicted octanol–water partition coefficient (Wildman–Crippen LogP) is 1.77. The summed E-state index contributed by atoms with van der Waals surface area (Å²) in [5.41, 5.74) is 6.72. The molecule has 4 heteroatoms. The molecule has 0 radical (unpaired) electrons. The Labute approximate surface area is 96.0 Å². The molecule has 0 saturated heterocycles. The van der Waals surface area contributed by atoms with Gasteiger partial charge in [-0.25, -0.2) is 0 Å². The lowest BCUT2D eigenvalue weighted by atomic mass is 10.1. The van der Waals surface area contributed by atoms with Gasteiger partial charge in [-0.3, -0.25) is 0 Å². The Morgan fingerprint density at radius 1 is 1.13 bits per heavy atom. The van der Waals surface area contributed by atoms with Crippen LogP contribution in [0.3, 0.4) is 0 Å². The van der Waals surface area contributed by atoms with Crippen LogP contribution in [-0.4, -0.2) is 19.8 Å². The van der Waals surface area contributed by atoms with E-state index in [-0.39, 0.29) is 12.4 Å². The second-order valence-corrected chi connectivity index (χ2v) is 3.37. The fourth-order valence-electron chi connectivity index (χ4n) is 1.55. The zero-order valence-corrected chi connectivity index (χ0v) is 9.39. The fraction of sp³-hybridized carbons (Fsp3) is 0.455. The van der Waals surface area contributed by atoms with Crippen molar-refractivity contribution in [3.05, 3.63) is 23.8 Å². The van der Waals surface area contributed by atoms with E-state index in [1.54, 1.807) is 0 Å². The van der Waals surface area contributed by atoms with E-state index in [2.05, 4.69) is 6.07 Å². The first-order valence-corrected chi connectivity index (χ1v) is 4.99. The van der Waals surface area contributed by atoms with Gasteiger partial charge in [0.1, 0.15) is 13.2 Å². The van der Waals surface area contributed by atoms with Gasteiger partial charge >= 0.3 is 0 Å². The minimum absolute atomic E-state index is 0. The van der Waals surface area contributed by atoms with Crippen molar-refractivity contribution >= 4 is 12.4 Å². The highest BCUT2D eigenvalue weighted by Crippen LogP contribution is 2.30. The molecule has 15 heavy (non-hydrogen) atoms. The van der Waals surface area contributed by atoms with Gasteiger partial charge in [0, 0.05) is 0 Å². The molecule has 0 atom stereocenters. The van der Waals surface area contributed by atoms with E-state index < -0.39 is 0 Å². The van der Waals surface area contributed by atoms with E-state index in [1.807, 2.05) is 12.1 Å². The normalized spacial score (nSPS) is 13.1. The van der Waals surface area contributed by atoms with Crippen molar-refractivity contribution in [2.24, 2.45) is 5.73 Å². The molecule has 0 amide bonds. The second-order valence-electron chi connectivity index (χ2n) is 3.37. The van der Waals surface area contributed by atoms with E-state index in [1.165, 1.54) is 5.56 Å². The number of hydrogen-bond acceptors (Lipinski definition) is 3. The summed E-state index contributed by atoms with van der Waals surface area (Å²) in [5, 5.41) is 0. The highest BCUT2D eigenvalue weighted by Gasteiger charge is 2.10. The number of hydrogen-bond donors (Lipinski definition) is 1. The molecule has 84 valence electrons. The maximum Gasteiger partial charge on any atom is 0.161 e. The standard InChI is InChI=1S/C11H15NO2.ClH/c12-5-1-2-9-3-4-10-11(8-9)14-7-6-13-10;/h3-4,8H,1-2,5-7,12H2;1H. The highest BCUT2D eigenvalue weighted by molar-refractivity contribution is 5.85. The highest BCUT2D eigenvalue weighted by atomic mass is 35.5. The van der Waals surface area contributed by atoms with Crippen molar-refractivity contribution in [2.45, 2.75) is 12.8 Å². The lowest BCUT2D eigenvalue weighted by Gasteiger charge is -2.18. The molecule has 0 saturated carbocycles. The molecule has 2 N–H and O–H groups in total. The maximum atomic E-state index is 5.49. The third-order valence-electron chi connectivity index (χ3n) is 2.28.